The minimum absolute atomic E-state index is 0.102. The molecule has 0 rings (SSSR count). The number of ketones is 2. The molecule has 0 bridgehead atoms. The van der Waals surface area contributed by atoms with Gasteiger partial charge in [0.1, 0.15) is 11.6 Å². The van der Waals surface area contributed by atoms with Gasteiger partial charge in [0.2, 0.25) is 0 Å². The van der Waals surface area contributed by atoms with Crippen molar-refractivity contribution in [3.05, 3.63) is 0 Å². The summed E-state index contributed by atoms with van der Waals surface area (Å²) in [5.74, 6) is 0.699. The maximum atomic E-state index is 10.4. The SMILES string of the molecule is CC.CC(=O)C(C)C.CC(C)C(=O)CN. The highest BCUT2D eigenvalue weighted by Crippen LogP contribution is 1.90. The molecule has 0 aliphatic heterocycles. The number of hydrogen-bond acceptors (Lipinski definition) is 3. The molecule has 0 unspecified atom stereocenters. The Bertz CT molecular complexity index is 163. The van der Waals surface area contributed by atoms with Crippen LogP contribution in [0.15, 0.2) is 0 Å². The highest BCUT2D eigenvalue weighted by Gasteiger charge is 2.01. The third-order valence-corrected chi connectivity index (χ3v) is 1.66. The smallest absolute Gasteiger partial charge is 0.148 e. The number of Topliss-reactive ketones (excluding diaryl/α,β-unsaturated/α-hetero) is 2. The van der Waals surface area contributed by atoms with Gasteiger partial charge in [-0.25, -0.2) is 0 Å². The second-order valence-corrected chi connectivity index (χ2v) is 3.59. The number of nitrogens with two attached hydrogens (primary N) is 1. The fourth-order valence-corrected chi connectivity index (χ4v) is 0.236. The van der Waals surface area contributed by atoms with E-state index in [1.807, 2.05) is 41.5 Å². The van der Waals surface area contributed by atoms with Gasteiger partial charge >= 0.3 is 0 Å². The zero-order valence-electron chi connectivity index (χ0n) is 11.3. The molecule has 0 aliphatic carbocycles. The van der Waals surface area contributed by atoms with Crippen molar-refractivity contribution in [2.45, 2.75) is 48.5 Å². The molecular formula is C12H27NO2. The predicted molar refractivity (Wildman–Crippen MR) is 65.8 cm³/mol. The summed E-state index contributed by atoms with van der Waals surface area (Å²) in [6.07, 6.45) is 0. The van der Waals surface area contributed by atoms with Gasteiger partial charge in [0.25, 0.3) is 0 Å². The Kier molecular flexibility index (Phi) is 17.6. The van der Waals surface area contributed by atoms with E-state index in [2.05, 4.69) is 0 Å². The van der Waals surface area contributed by atoms with Crippen molar-refractivity contribution in [3.63, 3.8) is 0 Å². The Morgan fingerprint density at radius 1 is 1.00 bits per heavy atom. The summed E-state index contributed by atoms with van der Waals surface area (Å²) >= 11 is 0. The Labute approximate surface area is 94.4 Å². The standard InChI is InChI=1S/C5H11NO.C5H10O.C2H6/c1-4(2)5(7)3-6;1-4(2)5(3)6;1-2/h4H,3,6H2,1-2H3;4H,1-3H3;1-2H3. The van der Waals surface area contributed by atoms with E-state index in [0.717, 1.165) is 0 Å². The van der Waals surface area contributed by atoms with Crippen molar-refractivity contribution in [3.8, 4) is 0 Å². The molecule has 0 spiro atoms. The summed E-state index contributed by atoms with van der Waals surface area (Å²) in [5, 5.41) is 0. The van der Waals surface area contributed by atoms with E-state index in [0.29, 0.717) is 0 Å². The first-order valence-corrected chi connectivity index (χ1v) is 5.56. The summed E-state index contributed by atoms with van der Waals surface area (Å²) in [7, 11) is 0. The minimum atomic E-state index is 0.102. The quantitative estimate of drug-likeness (QED) is 0.789. The van der Waals surface area contributed by atoms with Gasteiger partial charge < -0.3 is 5.73 Å². The number of hydrogen-bond donors (Lipinski definition) is 1. The van der Waals surface area contributed by atoms with Gasteiger partial charge in [0.15, 0.2) is 0 Å². The molecule has 0 atom stereocenters. The molecule has 0 aromatic heterocycles. The number of carbonyl (C=O) groups excluding carboxylic acids is 2. The average molecular weight is 217 g/mol. The Morgan fingerprint density at radius 3 is 1.27 bits per heavy atom. The van der Waals surface area contributed by atoms with Crippen LogP contribution in [0.4, 0.5) is 0 Å². The minimum Gasteiger partial charge on any atom is -0.324 e. The molecule has 3 nitrogen and oxygen atoms in total. The molecule has 0 saturated carbocycles. The van der Waals surface area contributed by atoms with Crippen LogP contribution in [-0.4, -0.2) is 18.1 Å². The van der Waals surface area contributed by atoms with Crippen molar-refractivity contribution < 1.29 is 9.59 Å². The van der Waals surface area contributed by atoms with Gasteiger partial charge in [0.05, 0.1) is 6.54 Å². The van der Waals surface area contributed by atoms with Crippen LogP contribution in [0.5, 0.6) is 0 Å². The van der Waals surface area contributed by atoms with Crippen LogP contribution in [0.2, 0.25) is 0 Å². The van der Waals surface area contributed by atoms with Crippen LogP contribution in [0.1, 0.15) is 48.5 Å². The van der Waals surface area contributed by atoms with Crippen molar-refractivity contribution in [1.82, 2.24) is 0 Å². The zero-order valence-corrected chi connectivity index (χ0v) is 11.3. The highest BCUT2D eigenvalue weighted by atomic mass is 16.1. The Balaban J connectivity index is -0.000000166. The van der Waals surface area contributed by atoms with Crippen molar-refractivity contribution in [2.24, 2.45) is 17.6 Å². The summed E-state index contributed by atoms with van der Waals surface area (Å²) < 4.78 is 0. The molecule has 0 heterocycles. The summed E-state index contributed by atoms with van der Waals surface area (Å²) in [5.41, 5.74) is 5.02. The lowest BCUT2D eigenvalue weighted by Gasteiger charge is -1.96. The second kappa shape index (κ2) is 13.3. The lowest BCUT2D eigenvalue weighted by Crippen LogP contribution is -2.18. The fraction of sp³-hybridized carbons (Fsp3) is 0.833. The van der Waals surface area contributed by atoms with Crippen LogP contribution >= 0.6 is 0 Å². The molecule has 0 aromatic rings. The third kappa shape index (κ3) is 19.6. The van der Waals surface area contributed by atoms with E-state index < -0.39 is 0 Å². The molecular weight excluding hydrogens is 190 g/mol. The van der Waals surface area contributed by atoms with E-state index in [9.17, 15) is 9.59 Å². The first-order chi connectivity index (χ1) is 6.82. The lowest BCUT2D eigenvalue weighted by atomic mass is 10.1. The van der Waals surface area contributed by atoms with Crippen molar-refractivity contribution in [2.75, 3.05) is 6.54 Å². The first-order valence-electron chi connectivity index (χ1n) is 5.56. The fourth-order valence-electron chi connectivity index (χ4n) is 0.236. The van der Waals surface area contributed by atoms with Crippen molar-refractivity contribution in [1.29, 1.82) is 0 Å². The molecule has 0 aromatic carbocycles. The number of carbonyl (C=O) groups is 2. The largest absolute Gasteiger partial charge is 0.324 e. The highest BCUT2D eigenvalue weighted by molar-refractivity contribution is 5.81. The van der Waals surface area contributed by atoms with Crippen LogP contribution in [0.3, 0.4) is 0 Å². The van der Waals surface area contributed by atoms with Crippen molar-refractivity contribution >= 4 is 11.6 Å². The van der Waals surface area contributed by atoms with Gasteiger partial charge in [-0.3, -0.25) is 9.59 Å². The van der Waals surface area contributed by atoms with Gasteiger partial charge in [-0.05, 0) is 6.92 Å². The van der Waals surface area contributed by atoms with E-state index in [1.54, 1.807) is 6.92 Å². The summed E-state index contributed by atoms with van der Waals surface area (Å²) in [6.45, 7) is 13.2. The lowest BCUT2D eigenvalue weighted by molar-refractivity contribution is -0.120. The predicted octanol–water partition coefficient (Wildman–Crippen LogP) is 2.43. The average Bonchev–Trinajstić information content (AvgIpc) is 2.20. The van der Waals surface area contributed by atoms with Gasteiger partial charge in [-0.15, -0.1) is 0 Å². The van der Waals surface area contributed by atoms with E-state index in [1.165, 1.54) is 0 Å². The molecule has 2 N–H and O–H groups in total. The van der Waals surface area contributed by atoms with Crippen LogP contribution in [-0.2, 0) is 9.59 Å². The monoisotopic (exact) mass is 217 g/mol. The van der Waals surface area contributed by atoms with Crippen LogP contribution in [0.25, 0.3) is 0 Å². The topological polar surface area (TPSA) is 60.2 Å². The molecule has 3 heteroatoms. The van der Waals surface area contributed by atoms with E-state index in [-0.39, 0.29) is 29.9 Å². The zero-order chi connectivity index (χ0) is 13.0. The van der Waals surface area contributed by atoms with Crippen LogP contribution < -0.4 is 5.73 Å². The molecule has 0 fully saturated rings. The van der Waals surface area contributed by atoms with Crippen LogP contribution in [0, 0.1) is 11.8 Å². The normalized spacial score (nSPS) is 8.67. The molecule has 0 amide bonds. The van der Waals surface area contributed by atoms with Gasteiger partial charge in [-0.2, -0.15) is 0 Å². The molecule has 0 radical (unpaired) electrons. The molecule has 15 heavy (non-hydrogen) atoms. The molecule has 92 valence electrons. The van der Waals surface area contributed by atoms with Gasteiger partial charge in [0, 0.05) is 11.8 Å². The van der Waals surface area contributed by atoms with E-state index >= 15 is 0 Å². The van der Waals surface area contributed by atoms with E-state index in [4.69, 9.17) is 5.73 Å². The molecule has 0 aliphatic rings. The Hall–Kier alpha value is -0.700. The number of rotatable bonds is 3. The summed E-state index contributed by atoms with van der Waals surface area (Å²) in [4.78, 5) is 20.5. The maximum Gasteiger partial charge on any atom is 0.148 e. The second-order valence-electron chi connectivity index (χ2n) is 3.59. The third-order valence-electron chi connectivity index (χ3n) is 1.66. The summed E-state index contributed by atoms with van der Waals surface area (Å²) in [6, 6.07) is 0. The maximum absolute atomic E-state index is 10.4. The van der Waals surface area contributed by atoms with Gasteiger partial charge in [-0.1, -0.05) is 41.5 Å². The Morgan fingerprint density at radius 2 is 1.27 bits per heavy atom. The first kappa shape index (κ1) is 19.8. The molecule has 0 saturated heterocycles.